The Morgan fingerprint density at radius 3 is 2.81 bits per heavy atom. The molecule has 21 heavy (non-hydrogen) atoms. The average molecular weight is 324 g/mol. The molecular weight excluding hydrogens is 313 g/mol. The van der Waals surface area contributed by atoms with Crippen LogP contribution in [0.2, 0.25) is 10.0 Å². The standard InChI is InChI=1S/C13H11Cl2N5O/c1-19(6-9-2-3-10(14)11(15)4-9)13(21)7-20-8-17-12(5-16)18-20/h2-4,8H,6-7H2,1H3. The van der Waals surface area contributed by atoms with Gasteiger partial charge in [0, 0.05) is 13.6 Å². The lowest BCUT2D eigenvalue weighted by molar-refractivity contribution is -0.131. The summed E-state index contributed by atoms with van der Waals surface area (Å²) in [6.07, 6.45) is 1.35. The molecule has 1 aromatic heterocycles. The van der Waals surface area contributed by atoms with Crippen LogP contribution in [-0.4, -0.2) is 32.6 Å². The molecule has 0 fully saturated rings. The molecule has 2 rings (SSSR count). The molecule has 1 amide bonds. The van der Waals surface area contributed by atoms with Gasteiger partial charge in [0.25, 0.3) is 5.82 Å². The summed E-state index contributed by atoms with van der Waals surface area (Å²) in [5, 5.41) is 13.4. The Bertz CT molecular complexity index is 707. The first-order valence-electron chi connectivity index (χ1n) is 5.97. The summed E-state index contributed by atoms with van der Waals surface area (Å²) >= 11 is 11.8. The smallest absolute Gasteiger partial charge is 0.252 e. The Labute approximate surface area is 131 Å². The largest absolute Gasteiger partial charge is 0.340 e. The Balaban J connectivity index is 1.99. The van der Waals surface area contributed by atoms with Crippen LogP contribution in [0.15, 0.2) is 24.5 Å². The number of benzene rings is 1. The molecule has 0 radical (unpaired) electrons. The monoisotopic (exact) mass is 323 g/mol. The molecule has 0 saturated carbocycles. The van der Waals surface area contributed by atoms with E-state index in [9.17, 15) is 4.79 Å². The van der Waals surface area contributed by atoms with Gasteiger partial charge in [0.15, 0.2) is 0 Å². The van der Waals surface area contributed by atoms with Crippen LogP contribution in [0.3, 0.4) is 0 Å². The minimum absolute atomic E-state index is 0.0203. The van der Waals surface area contributed by atoms with Gasteiger partial charge in [0.1, 0.15) is 18.9 Å². The third kappa shape index (κ3) is 3.94. The second kappa shape index (κ2) is 6.57. The predicted octanol–water partition coefficient (Wildman–Crippen LogP) is 2.12. The fourth-order valence-corrected chi connectivity index (χ4v) is 2.00. The van der Waals surface area contributed by atoms with Crippen LogP contribution in [0.1, 0.15) is 11.4 Å². The Kier molecular flexibility index (Phi) is 4.78. The average Bonchev–Trinajstić information content (AvgIpc) is 2.90. The van der Waals surface area contributed by atoms with Crippen molar-refractivity contribution in [3.8, 4) is 6.07 Å². The predicted molar refractivity (Wildman–Crippen MR) is 77.7 cm³/mol. The van der Waals surface area contributed by atoms with Crippen molar-refractivity contribution >= 4 is 29.1 Å². The van der Waals surface area contributed by atoms with E-state index >= 15 is 0 Å². The third-order valence-electron chi connectivity index (χ3n) is 2.76. The van der Waals surface area contributed by atoms with Gasteiger partial charge in [0.05, 0.1) is 10.0 Å². The number of hydrogen-bond donors (Lipinski definition) is 0. The van der Waals surface area contributed by atoms with Crippen LogP contribution in [0, 0.1) is 11.3 Å². The zero-order valence-electron chi connectivity index (χ0n) is 11.1. The molecule has 0 unspecified atom stereocenters. The van der Waals surface area contributed by atoms with Crippen molar-refractivity contribution in [3.63, 3.8) is 0 Å². The van der Waals surface area contributed by atoms with Crippen LogP contribution < -0.4 is 0 Å². The summed E-state index contributed by atoms with van der Waals surface area (Å²) in [6, 6.07) is 7.02. The molecule has 0 aliphatic heterocycles. The number of likely N-dealkylation sites (N-methyl/N-ethyl adjacent to an activating group) is 1. The van der Waals surface area contributed by atoms with Crippen molar-refractivity contribution < 1.29 is 4.79 Å². The van der Waals surface area contributed by atoms with Gasteiger partial charge in [-0.1, -0.05) is 29.3 Å². The summed E-state index contributed by atoms with van der Waals surface area (Å²) < 4.78 is 1.33. The minimum atomic E-state index is -0.157. The zero-order chi connectivity index (χ0) is 15.4. The van der Waals surface area contributed by atoms with E-state index in [0.29, 0.717) is 16.6 Å². The van der Waals surface area contributed by atoms with Gasteiger partial charge in [-0.2, -0.15) is 5.26 Å². The number of carbonyl (C=O) groups is 1. The Hall–Kier alpha value is -2.10. The van der Waals surface area contributed by atoms with Crippen molar-refractivity contribution in [2.75, 3.05) is 7.05 Å². The van der Waals surface area contributed by atoms with Crippen LogP contribution in [-0.2, 0) is 17.9 Å². The molecule has 108 valence electrons. The molecule has 0 aliphatic carbocycles. The van der Waals surface area contributed by atoms with Gasteiger partial charge in [-0.05, 0) is 17.7 Å². The van der Waals surface area contributed by atoms with Crippen molar-refractivity contribution in [1.29, 1.82) is 5.26 Å². The molecule has 6 nitrogen and oxygen atoms in total. The fraction of sp³-hybridized carbons (Fsp3) is 0.231. The van der Waals surface area contributed by atoms with Gasteiger partial charge in [-0.3, -0.25) is 4.79 Å². The number of amides is 1. The topological polar surface area (TPSA) is 74.8 Å². The molecule has 0 bridgehead atoms. The summed E-state index contributed by atoms with van der Waals surface area (Å²) in [6.45, 7) is 0.419. The highest BCUT2D eigenvalue weighted by atomic mass is 35.5. The lowest BCUT2D eigenvalue weighted by Gasteiger charge is -2.17. The van der Waals surface area contributed by atoms with Crippen molar-refractivity contribution in [2.45, 2.75) is 13.1 Å². The maximum atomic E-state index is 12.1. The quantitative estimate of drug-likeness (QED) is 0.863. The first-order valence-corrected chi connectivity index (χ1v) is 6.72. The number of rotatable bonds is 4. The SMILES string of the molecule is CN(Cc1ccc(Cl)c(Cl)c1)C(=O)Cn1cnc(C#N)n1. The van der Waals surface area contributed by atoms with Gasteiger partial charge >= 0.3 is 0 Å². The van der Waals surface area contributed by atoms with E-state index in [1.54, 1.807) is 31.3 Å². The number of halogens is 2. The Morgan fingerprint density at radius 1 is 1.43 bits per heavy atom. The maximum Gasteiger partial charge on any atom is 0.252 e. The van der Waals surface area contributed by atoms with E-state index in [0.717, 1.165) is 5.56 Å². The van der Waals surface area contributed by atoms with E-state index in [1.807, 2.05) is 0 Å². The second-order valence-electron chi connectivity index (χ2n) is 4.38. The molecule has 0 N–H and O–H groups in total. The highest BCUT2D eigenvalue weighted by Crippen LogP contribution is 2.23. The third-order valence-corrected chi connectivity index (χ3v) is 3.50. The van der Waals surface area contributed by atoms with Gasteiger partial charge in [-0.25, -0.2) is 9.67 Å². The number of nitriles is 1. The van der Waals surface area contributed by atoms with Crippen LogP contribution in [0.4, 0.5) is 0 Å². The molecule has 0 atom stereocenters. The molecule has 1 heterocycles. The highest BCUT2D eigenvalue weighted by molar-refractivity contribution is 6.42. The maximum absolute atomic E-state index is 12.1. The molecule has 0 aliphatic rings. The number of carbonyl (C=O) groups excluding carboxylic acids is 1. The molecular formula is C13H11Cl2N5O. The van der Waals surface area contributed by atoms with E-state index in [1.165, 1.54) is 15.9 Å². The normalized spacial score (nSPS) is 10.2. The van der Waals surface area contributed by atoms with Crippen molar-refractivity contribution in [2.24, 2.45) is 0 Å². The Morgan fingerprint density at radius 2 is 2.19 bits per heavy atom. The van der Waals surface area contributed by atoms with E-state index < -0.39 is 0 Å². The van der Waals surface area contributed by atoms with Crippen molar-refractivity contribution in [3.05, 3.63) is 46.0 Å². The zero-order valence-corrected chi connectivity index (χ0v) is 12.6. The van der Waals surface area contributed by atoms with Crippen LogP contribution >= 0.6 is 23.2 Å². The minimum Gasteiger partial charge on any atom is -0.340 e. The molecule has 1 aromatic carbocycles. The second-order valence-corrected chi connectivity index (χ2v) is 5.19. The number of aromatic nitrogens is 3. The first kappa shape index (κ1) is 15.3. The van der Waals surface area contributed by atoms with Gasteiger partial charge < -0.3 is 4.90 Å². The summed E-state index contributed by atoms with van der Waals surface area (Å²) in [4.78, 5) is 17.3. The highest BCUT2D eigenvalue weighted by Gasteiger charge is 2.12. The van der Waals surface area contributed by atoms with E-state index in [4.69, 9.17) is 28.5 Å². The molecule has 2 aromatic rings. The summed E-state index contributed by atoms with van der Waals surface area (Å²) in [7, 11) is 1.67. The fourth-order valence-electron chi connectivity index (χ4n) is 1.68. The molecule has 0 spiro atoms. The molecule has 0 saturated heterocycles. The van der Waals surface area contributed by atoms with Gasteiger partial charge in [0.2, 0.25) is 5.91 Å². The van der Waals surface area contributed by atoms with Gasteiger partial charge in [-0.15, -0.1) is 5.10 Å². The van der Waals surface area contributed by atoms with E-state index in [2.05, 4.69) is 10.1 Å². The van der Waals surface area contributed by atoms with E-state index in [-0.39, 0.29) is 18.3 Å². The van der Waals surface area contributed by atoms with Crippen LogP contribution in [0.25, 0.3) is 0 Å². The lowest BCUT2D eigenvalue weighted by atomic mass is 10.2. The summed E-state index contributed by atoms with van der Waals surface area (Å²) in [5.74, 6) is -0.120. The van der Waals surface area contributed by atoms with Crippen molar-refractivity contribution in [1.82, 2.24) is 19.7 Å². The number of nitrogens with zero attached hydrogens (tertiary/aromatic N) is 5. The lowest BCUT2D eigenvalue weighted by Crippen LogP contribution is -2.30. The van der Waals surface area contributed by atoms with Crippen LogP contribution in [0.5, 0.6) is 0 Å². The number of hydrogen-bond acceptors (Lipinski definition) is 4. The summed E-state index contributed by atoms with van der Waals surface area (Å²) in [5.41, 5.74) is 0.872. The molecule has 8 heteroatoms. The first-order chi connectivity index (χ1) is 9.99.